The van der Waals surface area contributed by atoms with E-state index in [1.165, 1.54) is 0 Å². The molecule has 0 aliphatic heterocycles. The standard InChI is InChI=1S/C8H2BrF7/c9-3-1-4(7(11,12)13)6(5(10)2-3)8(14,15)16/h1-2H. The van der Waals surface area contributed by atoms with Crippen molar-refractivity contribution in [1.29, 1.82) is 0 Å². The first kappa shape index (κ1) is 13.3. The van der Waals surface area contributed by atoms with Gasteiger partial charge in [-0.1, -0.05) is 15.9 Å². The second-order valence-electron chi connectivity index (χ2n) is 2.81. The molecule has 0 saturated heterocycles. The average molecular weight is 311 g/mol. The Morgan fingerprint density at radius 3 is 1.75 bits per heavy atom. The van der Waals surface area contributed by atoms with Crippen molar-refractivity contribution in [2.45, 2.75) is 12.4 Å². The smallest absolute Gasteiger partial charge is 0.206 e. The van der Waals surface area contributed by atoms with Crippen LogP contribution in [0.5, 0.6) is 0 Å². The Morgan fingerprint density at radius 1 is 0.875 bits per heavy atom. The van der Waals surface area contributed by atoms with E-state index in [0.29, 0.717) is 6.07 Å². The van der Waals surface area contributed by atoms with Crippen molar-refractivity contribution in [3.63, 3.8) is 0 Å². The quantitative estimate of drug-likeness (QED) is 0.613. The van der Waals surface area contributed by atoms with Gasteiger partial charge >= 0.3 is 12.4 Å². The van der Waals surface area contributed by atoms with Crippen LogP contribution in [0.4, 0.5) is 30.7 Å². The molecule has 0 spiro atoms. The minimum Gasteiger partial charge on any atom is -0.206 e. The van der Waals surface area contributed by atoms with Crippen molar-refractivity contribution in [1.82, 2.24) is 0 Å². The highest BCUT2D eigenvalue weighted by Crippen LogP contribution is 2.42. The second kappa shape index (κ2) is 3.90. The number of halogens is 8. The van der Waals surface area contributed by atoms with Crippen LogP contribution in [-0.2, 0) is 12.4 Å². The largest absolute Gasteiger partial charge is 0.419 e. The third-order valence-electron chi connectivity index (χ3n) is 1.64. The summed E-state index contributed by atoms with van der Waals surface area (Å²) in [5.74, 6) is -1.96. The maximum absolute atomic E-state index is 12.9. The SMILES string of the molecule is Fc1cc(Br)cc(C(F)(F)F)c1C(F)(F)F. The molecular formula is C8H2BrF7. The Morgan fingerprint density at radius 2 is 1.38 bits per heavy atom. The van der Waals surface area contributed by atoms with Gasteiger partial charge < -0.3 is 0 Å². The molecule has 0 aliphatic rings. The number of rotatable bonds is 0. The third kappa shape index (κ3) is 2.66. The first-order chi connectivity index (χ1) is 7.03. The molecule has 0 unspecified atom stereocenters. The van der Waals surface area contributed by atoms with E-state index < -0.39 is 33.8 Å². The maximum Gasteiger partial charge on any atom is 0.419 e. The monoisotopic (exact) mass is 310 g/mol. The van der Waals surface area contributed by atoms with Gasteiger partial charge in [-0.3, -0.25) is 0 Å². The van der Waals surface area contributed by atoms with Gasteiger partial charge in [0.25, 0.3) is 0 Å². The van der Waals surface area contributed by atoms with Crippen LogP contribution in [-0.4, -0.2) is 0 Å². The van der Waals surface area contributed by atoms with Crippen LogP contribution >= 0.6 is 15.9 Å². The van der Waals surface area contributed by atoms with Gasteiger partial charge in [-0.15, -0.1) is 0 Å². The summed E-state index contributed by atoms with van der Waals surface area (Å²) in [5, 5.41) is 0. The fourth-order valence-electron chi connectivity index (χ4n) is 1.09. The lowest BCUT2D eigenvalue weighted by atomic mass is 10.1. The minimum atomic E-state index is -5.39. The third-order valence-corrected chi connectivity index (χ3v) is 2.10. The summed E-state index contributed by atoms with van der Waals surface area (Å²) in [5.41, 5.74) is -4.35. The van der Waals surface area contributed by atoms with Crippen LogP contribution in [0.15, 0.2) is 16.6 Å². The molecular weight excluding hydrogens is 309 g/mol. The normalized spacial score (nSPS) is 13.0. The lowest BCUT2D eigenvalue weighted by molar-refractivity contribution is -0.163. The second-order valence-corrected chi connectivity index (χ2v) is 3.72. The molecule has 0 bridgehead atoms. The molecule has 1 rings (SSSR count). The minimum absolute atomic E-state index is 0.186. The molecule has 0 N–H and O–H groups in total. The van der Waals surface area contributed by atoms with Gasteiger partial charge in [-0.05, 0) is 12.1 Å². The van der Waals surface area contributed by atoms with Crippen molar-refractivity contribution in [2.75, 3.05) is 0 Å². The molecule has 16 heavy (non-hydrogen) atoms. The summed E-state index contributed by atoms with van der Waals surface area (Å²) < 4.78 is 85.9. The lowest BCUT2D eigenvalue weighted by Crippen LogP contribution is -2.18. The molecule has 0 saturated carbocycles. The van der Waals surface area contributed by atoms with Gasteiger partial charge in [0.2, 0.25) is 0 Å². The lowest BCUT2D eigenvalue weighted by Gasteiger charge is -2.16. The Hall–Kier alpha value is -0.790. The first-order valence-corrected chi connectivity index (χ1v) is 4.46. The predicted octanol–water partition coefficient (Wildman–Crippen LogP) is 4.63. The van der Waals surface area contributed by atoms with Crippen molar-refractivity contribution in [3.05, 3.63) is 33.5 Å². The van der Waals surface area contributed by atoms with E-state index in [2.05, 4.69) is 15.9 Å². The molecule has 0 heterocycles. The molecule has 0 amide bonds. The number of benzene rings is 1. The fraction of sp³-hybridized carbons (Fsp3) is 0.250. The van der Waals surface area contributed by atoms with Crippen molar-refractivity contribution >= 4 is 15.9 Å². The molecule has 1 aromatic rings. The fourth-order valence-corrected chi connectivity index (χ4v) is 1.52. The van der Waals surface area contributed by atoms with Crippen molar-refractivity contribution < 1.29 is 30.7 Å². The summed E-state index contributed by atoms with van der Waals surface area (Å²) in [6.45, 7) is 0. The zero-order valence-electron chi connectivity index (χ0n) is 7.18. The Bertz CT molecular complexity index is 404. The summed E-state index contributed by atoms with van der Waals surface area (Å²) in [7, 11) is 0. The number of hydrogen-bond donors (Lipinski definition) is 0. The van der Waals surface area contributed by atoms with Crippen molar-refractivity contribution in [3.8, 4) is 0 Å². The highest BCUT2D eigenvalue weighted by atomic mass is 79.9. The van der Waals surface area contributed by atoms with E-state index in [9.17, 15) is 30.7 Å². The van der Waals surface area contributed by atoms with E-state index in [-0.39, 0.29) is 6.07 Å². The molecule has 1 aromatic carbocycles. The summed E-state index contributed by atoms with van der Waals surface area (Å²) in [4.78, 5) is 0. The van der Waals surface area contributed by atoms with Crippen LogP contribution in [0.3, 0.4) is 0 Å². The molecule has 90 valence electrons. The Labute approximate surface area is 93.2 Å². The zero-order chi connectivity index (χ0) is 12.7. The summed E-state index contributed by atoms with van der Waals surface area (Å²) >= 11 is 2.50. The maximum atomic E-state index is 12.9. The van der Waals surface area contributed by atoms with E-state index in [0.717, 1.165) is 0 Å². The van der Waals surface area contributed by atoms with Gasteiger partial charge in [-0.25, -0.2) is 4.39 Å². The van der Waals surface area contributed by atoms with Crippen molar-refractivity contribution in [2.24, 2.45) is 0 Å². The first-order valence-electron chi connectivity index (χ1n) is 3.67. The highest BCUT2D eigenvalue weighted by molar-refractivity contribution is 9.10. The Kier molecular flexibility index (Phi) is 3.24. The predicted molar refractivity (Wildman–Crippen MR) is 44.1 cm³/mol. The van der Waals surface area contributed by atoms with Crippen LogP contribution in [0.25, 0.3) is 0 Å². The van der Waals surface area contributed by atoms with Crippen LogP contribution in [0.2, 0.25) is 0 Å². The number of alkyl halides is 6. The Balaban J connectivity index is 3.58. The van der Waals surface area contributed by atoms with Crippen LogP contribution in [0, 0.1) is 5.82 Å². The molecule has 0 nitrogen and oxygen atoms in total. The molecule has 0 radical (unpaired) electrons. The molecule has 0 aromatic heterocycles. The van der Waals surface area contributed by atoms with Crippen LogP contribution in [0.1, 0.15) is 11.1 Å². The highest BCUT2D eigenvalue weighted by Gasteiger charge is 2.45. The van der Waals surface area contributed by atoms with E-state index in [4.69, 9.17) is 0 Å². The van der Waals surface area contributed by atoms with E-state index >= 15 is 0 Å². The molecule has 0 atom stereocenters. The van der Waals surface area contributed by atoms with Gasteiger partial charge in [0.15, 0.2) is 0 Å². The van der Waals surface area contributed by atoms with E-state index in [1.54, 1.807) is 0 Å². The van der Waals surface area contributed by atoms with Gasteiger partial charge in [-0.2, -0.15) is 26.3 Å². The van der Waals surface area contributed by atoms with Crippen LogP contribution < -0.4 is 0 Å². The average Bonchev–Trinajstić information content (AvgIpc) is 1.97. The summed E-state index contributed by atoms with van der Waals surface area (Å²) in [6.07, 6.45) is -10.7. The molecule has 0 fully saturated rings. The number of hydrogen-bond acceptors (Lipinski definition) is 0. The van der Waals surface area contributed by atoms with E-state index in [1.807, 2.05) is 0 Å². The molecule has 8 heteroatoms. The topological polar surface area (TPSA) is 0 Å². The zero-order valence-corrected chi connectivity index (χ0v) is 8.76. The van der Waals surface area contributed by atoms with Gasteiger partial charge in [0, 0.05) is 4.47 Å². The van der Waals surface area contributed by atoms with Gasteiger partial charge in [0.05, 0.1) is 5.56 Å². The summed E-state index contributed by atoms with van der Waals surface area (Å²) in [6, 6.07) is 0.518. The molecule has 0 aliphatic carbocycles. The van der Waals surface area contributed by atoms with Gasteiger partial charge in [0.1, 0.15) is 11.4 Å².